The molecule has 19 heavy (non-hydrogen) atoms. The summed E-state index contributed by atoms with van der Waals surface area (Å²) in [5.74, 6) is -0.288. The van der Waals surface area contributed by atoms with Crippen molar-refractivity contribution in [1.29, 1.82) is 0 Å². The van der Waals surface area contributed by atoms with Crippen LogP contribution in [0.2, 0.25) is 0 Å². The van der Waals surface area contributed by atoms with E-state index in [-0.39, 0.29) is 5.82 Å². The first-order valence-corrected chi connectivity index (χ1v) is 6.23. The van der Waals surface area contributed by atoms with E-state index in [2.05, 4.69) is 29.7 Å². The number of rotatable bonds is 2. The number of nitrogen functional groups attached to an aromatic ring is 1. The van der Waals surface area contributed by atoms with E-state index in [1.807, 2.05) is 18.2 Å². The quantitative estimate of drug-likeness (QED) is 0.694. The molecule has 0 saturated carbocycles. The van der Waals surface area contributed by atoms with Crippen LogP contribution in [0.5, 0.6) is 0 Å². The van der Waals surface area contributed by atoms with E-state index in [1.54, 1.807) is 0 Å². The van der Waals surface area contributed by atoms with Crippen LogP contribution in [0.1, 0.15) is 11.3 Å². The SMILES string of the molecule is Cc1cc2ccccc2n1Cc1cc(N)cc(F)c1. The molecule has 0 unspecified atom stereocenters. The average Bonchev–Trinajstić information content (AvgIpc) is 2.65. The molecule has 2 aromatic carbocycles. The number of nitrogens with zero attached hydrogens (tertiary/aromatic N) is 1. The molecular weight excluding hydrogens is 239 g/mol. The highest BCUT2D eigenvalue weighted by atomic mass is 19.1. The van der Waals surface area contributed by atoms with Crippen molar-refractivity contribution in [2.24, 2.45) is 0 Å². The fraction of sp³-hybridized carbons (Fsp3) is 0.125. The lowest BCUT2D eigenvalue weighted by atomic mass is 10.2. The van der Waals surface area contributed by atoms with Crippen LogP contribution in [-0.2, 0) is 6.54 Å². The fourth-order valence-electron chi connectivity index (χ4n) is 2.51. The maximum absolute atomic E-state index is 13.4. The molecule has 2 nitrogen and oxygen atoms in total. The van der Waals surface area contributed by atoms with Gasteiger partial charge in [-0.3, -0.25) is 0 Å². The highest BCUT2D eigenvalue weighted by Gasteiger charge is 2.06. The number of aromatic nitrogens is 1. The van der Waals surface area contributed by atoms with Gasteiger partial charge in [-0.15, -0.1) is 0 Å². The summed E-state index contributed by atoms with van der Waals surface area (Å²) in [5, 5.41) is 1.20. The third-order valence-corrected chi connectivity index (χ3v) is 3.34. The largest absolute Gasteiger partial charge is 0.399 e. The second-order valence-electron chi connectivity index (χ2n) is 4.82. The summed E-state index contributed by atoms with van der Waals surface area (Å²) < 4.78 is 15.6. The lowest BCUT2D eigenvalue weighted by Gasteiger charge is -2.09. The smallest absolute Gasteiger partial charge is 0.125 e. The summed E-state index contributed by atoms with van der Waals surface area (Å²) in [6, 6.07) is 15.0. The van der Waals surface area contributed by atoms with Gasteiger partial charge in [0, 0.05) is 23.4 Å². The molecule has 0 amide bonds. The van der Waals surface area contributed by atoms with Crippen molar-refractivity contribution in [2.75, 3.05) is 5.73 Å². The molecule has 96 valence electrons. The minimum absolute atomic E-state index is 0.288. The van der Waals surface area contributed by atoms with Crippen molar-refractivity contribution in [3.8, 4) is 0 Å². The van der Waals surface area contributed by atoms with Gasteiger partial charge in [0.25, 0.3) is 0 Å². The molecule has 3 rings (SSSR count). The maximum Gasteiger partial charge on any atom is 0.125 e. The second kappa shape index (κ2) is 4.43. The number of fused-ring (bicyclic) bond motifs is 1. The standard InChI is InChI=1S/C16H15FN2/c1-11-6-13-4-2-3-5-16(13)19(11)10-12-7-14(17)9-15(18)8-12/h2-9H,10,18H2,1H3. The van der Waals surface area contributed by atoms with Gasteiger partial charge in [0.05, 0.1) is 0 Å². The van der Waals surface area contributed by atoms with Gasteiger partial charge in [-0.2, -0.15) is 0 Å². The van der Waals surface area contributed by atoms with Crippen molar-refractivity contribution in [3.63, 3.8) is 0 Å². The summed E-state index contributed by atoms with van der Waals surface area (Å²) in [4.78, 5) is 0. The summed E-state index contributed by atoms with van der Waals surface area (Å²) in [6.07, 6.45) is 0. The van der Waals surface area contributed by atoms with E-state index < -0.39 is 0 Å². The molecule has 0 aliphatic carbocycles. The molecule has 0 bridgehead atoms. The minimum Gasteiger partial charge on any atom is -0.399 e. The summed E-state index contributed by atoms with van der Waals surface area (Å²) >= 11 is 0. The van der Waals surface area contributed by atoms with Crippen LogP contribution < -0.4 is 5.73 Å². The van der Waals surface area contributed by atoms with Crippen molar-refractivity contribution in [1.82, 2.24) is 4.57 Å². The van der Waals surface area contributed by atoms with Crippen LogP contribution in [0.25, 0.3) is 10.9 Å². The highest BCUT2D eigenvalue weighted by molar-refractivity contribution is 5.81. The Hall–Kier alpha value is -2.29. The zero-order valence-corrected chi connectivity index (χ0v) is 10.7. The third-order valence-electron chi connectivity index (χ3n) is 3.34. The van der Waals surface area contributed by atoms with Crippen LogP contribution in [0.15, 0.2) is 48.5 Å². The Morgan fingerprint density at radius 1 is 1.11 bits per heavy atom. The normalized spacial score (nSPS) is 11.1. The number of para-hydroxylation sites is 1. The zero-order valence-electron chi connectivity index (χ0n) is 10.7. The Morgan fingerprint density at radius 2 is 1.89 bits per heavy atom. The van der Waals surface area contributed by atoms with E-state index in [1.165, 1.54) is 17.5 Å². The summed E-state index contributed by atoms with van der Waals surface area (Å²) in [5.41, 5.74) is 9.34. The fourth-order valence-corrected chi connectivity index (χ4v) is 2.51. The molecule has 0 aliphatic rings. The predicted molar refractivity (Wildman–Crippen MR) is 76.6 cm³/mol. The molecule has 0 aliphatic heterocycles. The molecule has 0 spiro atoms. The summed E-state index contributed by atoms with van der Waals surface area (Å²) in [6.45, 7) is 2.68. The zero-order chi connectivity index (χ0) is 13.4. The maximum atomic E-state index is 13.4. The van der Waals surface area contributed by atoms with Crippen LogP contribution in [0.3, 0.4) is 0 Å². The molecule has 0 radical (unpaired) electrons. The lowest BCUT2D eigenvalue weighted by molar-refractivity contribution is 0.624. The molecule has 0 fully saturated rings. The van der Waals surface area contributed by atoms with Gasteiger partial charge in [-0.1, -0.05) is 18.2 Å². The molecule has 1 aromatic heterocycles. The van der Waals surface area contributed by atoms with Crippen LogP contribution in [0.4, 0.5) is 10.1 Å². The van der Waals surface area contributed by atoms with Gasteiger partial charge in [0.1, 0.15) is 5.82 Å². The van der Waals surface area contributed by atoms with E-state index in [0.29, 0.717) is 12.2 Å². The number of halogens is 1. The Balaban J connectivity index is 2.07. The first-order valence-electron chi connectivity index (χ1n) is 6.23. The Kier molecular flexibility index (Phi) is 2.75. The first-order chi connectivity index (χ1) is 9.13. The van der Waals surface area contributed by atoms with Gasteiger partial charge in [0.2, 0.25) is 0 Å². The Labute approximate surface area is 111 Å². The van der Waals surface area contributed by atoms with Gasteiger partial charge >= 0.3 is 0 Å². The molecule has 0 atom stereocenters. The third kappa shape index (κ3) is 2.19. The van der Waals surface area contributed by atoms with E-state index >= 15 is 0 Å². The number of aryl methyl sites for hydroxylation is 1. The molecule has 1 heterocycles. The number of hydrogen-bond acceptors (Lipinski definition) is 1. The van der Waals surface area contributed by atoms with Crippen LogP contribution in [-0.4, -0.2) is 4.57 Å². The Bertz CT molecular complexity index is 723. The van der Waals surface area contributed by atoms with Crippen molar-refractivity contribution < 1.29 is 4.39 Å². The number of anilines is 1. The van der Waals surface area contributed by atoms with Gasteiger partial charge in [-0.05, 0) is 48.2 Å². The summed E-state index contributed by atoms with van der Waals surface area (Å²) in [7, 11) is 0. The predicted octanol–water partition coefficient (Wildman–Crippen LogP) is 3.72. The molecular formula is C16H15FN2. The van der Waals surface area contributed by atoms with Gasteiger partial charge in [0.15, 0.2) is 0 Å². The van der Waals surface area contributed by atoms with E-state index in [9.17, 15) is 4.39 Å². The average molecular weight is 254 g/mol. The minimum atomic E-state index is -0.288. The first kappa shape index (κ1) is 11.8. The molecule has 3 aromatic rings. The van der Waals surface area contributed by atoms with Crippen molar-refractivity contribution in [3.05, 3.63) is 65.6 Å². The highest BCUT2D eigenvalue weighted by Crippen LogP contribution is 2.21. The monoisotopic (exact) mass is 254 g/mol. The van der Waals surface area contributed by atoms with Gasteiger partial charge in [-0.25, -0.2) is 4.39 Å². The van der Waals surface area contributed by atoms with E-state index in [4.69, 9.17) is 5.73 Å². The lowest BCUT2D eigenvalue weighted by Crippen LogP contribution is -2.02. The van der Waals surface area contributed by atoms with E-state index in [0.717, 1.165) is 16.8 Å². The van der Waals surface area contributed by atoms with Crippen molar-refractivity contribution in [2.45, 2.75) is 13.5 Å². The Morgan fingerprint density at radius 3 is 2.68 bits per heavy atom. The van der Waals surface area contributed by atoms with Crippen LogP contribution >= 0.6 is 0 Å². The van der Waals surface area contributed by atoms with Crippen molar-refractivity contribution >= 4 is 16.6 Å². The number of nitrogens with two attached hydrogens (primary N) is 1. The second-order valence-corrected chi connectivity index (χ2v) is 4.82. The molecule has 3 heteroatoms. The molecule has 0 saturated heterocycles. The number of hydrogen-bond donors (Lipinski definition) is 1. The topological polar surface area (TPSA) is 30.9 Å². The van der Waals surface area contributed by atoms with Crippen LogP contribution in [0, 0.1) is 12.7 Å². The number of benzene rings is 2. The molecule has 2 N–H and O–H groups in total. The van der Waals surface area contributed by atoms with Gasteiger partial charge < -0.3 is 10.3 Å².